The van der Waals surface area contributed by atoms with Crippen molar-refractivity contribution in [1.82, 2.24) is 0 Å². The van der Waals surface area contributed by atoms with Crippen molar-refractivity contribution in [3.05, 3.63) is 46.5 Å². The first kappa shape index (κ1) is 11.3. The van der Waals surface area contributed by atoms with Gasteiger partial charge >= 0.3 is 5.97 Å². The number of hydrogen-bond acceptors (Lipinski definition) is 1. The Kier molecular flexibility index (Phi) is 2.58. The molecular weight excluding hydrogens is 224 g/mol. The van der Waals surface area contributed by atoms with Crippen LogP contribution in [0.2, 0.25) is 0 Å². The summed E-state index contributed by atoms with van der Waals surface area (Å²) in [6.45, 7) is 2.07. The highest BCUT2D eigenvalue weighted by atomic mass is 16.4. The molecule has 0 saturated carbocycles. The van der Waals surface area contributed by atoms with Crippen LogP contribution in [-0.2, 0) is 12.8 Å². The minimum Gasteiger partial charge on any atom is -0.478 e. The Hall–Kier alpha value is -1.83. The summed E-state index contributed by atoms with van der Waals surface area (Å²) in [6, 6.07) is 7.75. The van der Waals surface area contributed by atoms with E-state index in [0.29, 0.717) is 5.56 Å². The Bertz CT molecular complexity index is 641. The van der Waals surface area contributed by atoms with Gasteiger partial charge in [-0.25, -0.2) is 4.79 Å². The third-order valence-electron chi connectivity index (χ3n) is 3.92. The third kappa shape index (κ3) is 1.69. The smallest absolute Gasteiger partial charge is 0.335 e. The van der Waals surface area contributed by atoms with Crippen LogP contribution in [-0.4, -0.2) is 11.1 Å². The number of carbonyl (C=O) groups is 1. The predicted molar refractivity (Wildman–Crippen MR) is 72.3 cm³/mol. The first-order valence-electron chi connectivity index (χ1n) is 6.45. The van der Waals surface area contributed by atoms with Gasteiger partial charge in [0.05, 0.1) is 5.56 Å². The molecule has 0 amide bonds. The summed E-state index contributed by atoms with van der Waals surface area (Å²) < 4.78 is 0. The van der Waals surface area contributed by atoms with Crippen molar-refractivity contribution in [2.75, 3.05) is 0 Å². The van der Waals surface area contributed by atoms with Gasteiger partial charge in [-0.1, -0.05) is 12.1 Å². The molecule has 0 atom stereocenters. The number of aromatic carboxylic acids is 1. The SMILES string of the molecule is Cc1cc2c(c3ccc(C(=O)O)cc13)CCCC2. The van der Waals surface area contributed by atoms with Gasteiger partial charge in [-0.05, 0) is 72.2 Å². The fourth-order valence-corrected chi connectivity index (χ4v) is 3.00. The van der Waals surface area contributed by atoms with Crippen LogP contribution in [0.15, 0.2) is 24.3 Å². The van der Waals surface area contributed by atoms with Gasteiger partial charge in [-0.2, -0.15) is 0 Å². The summed E-state index contributed by atoms with van der Waals surface area (Å²) in [5, 5.41) is 11.4. The normalized spacial score (nSPS) is 14.5. The van der Waals surface area contributed by atoms with E-state index >= 15 is 0 Å². The summed E-state index contributed by atoms with van der Waals surface area (Å²) in [5.74, 6) is -0.853. The molecule has 1 aliphatic carbocycles. The highest BCUT2D eigenvalue weighted by Gasteiger charge is 2.15. The molecule has 0 unspecified atom stereocenters. The topological polar surface area (TPSA) is 37.3 Å². The lowest BCUT2D eigenvalue weighted by molar-refractivity contribution is 0.0697. The minimum absolute atomic E-state index is 0.376. The van der Waals surface area contributed by atoms with E-state index in [1.54, 1.807) is 6.07 Å². The van der Waals surface area contributed by atoms with Gasteiger partial charge in [0, 0.05) is 0 Å². The second kappa shape index (κ2) is 4.13. The largest absolute Gasteiger partial charge is 0.478 e. The van der Waals surface area contributed by atoms with Crippen LogP contribution < -0.4 is 0 Å². The van der Waals surface area contributed by atoms with Crippen molar-refractivity contribution < 1.29 is 9.90 Å². The lowest BCUT2D eigenvalue weighted by Gasteiger charge is -2.19. The van der Waals surface area contributed by atoms with Crippen LogP contribution in [0.3, 0.4) is 0 Å². The van der Waals surface area contributed by atoms with E-state index in [9.17, 15) is 4.79 Å². The Balaban J connectivity index is 2.31. The second-order valence-corrected chi connectivity index (χ2v) is 5.10. The van der Waals surface area contributed by atoms with E-state index < -0.39 is 5.97 Å². The molecule has 0 saturated heterocycles. The Morgan fingerprint density at radius 3 is 2.67 bits per heavy atom. The zero-order valence-corrected chi connectivity index (χ0v) is 10.5. The Morgan fingerprint density at radius 1 is 1.11 bits per heavy atom. The molecule has 0 radical (unpaired) electrons. The van der Waals surface area contributed by atoms with Crippen LogP contribution in [0.25, 0.3) is 10.8 Å². The molecule has 1 aliphatic rings. The van der Waals surface area contributed by atoms with Crippen molar-refractivity contribution in [1.29, 1.82) is 0 Å². The quantitative estimate of drug-likeness (QED) is 0.824. The summed E-state index contributed by atoms with van der Waals surface area (Å²) in [4.78, 5) is 11.0. The lowest BCUT2D eigenvalue weighted by atomic mass is 9.85. The van der Waals surface area contributed by atoms with Gasteiger partial charge < -0.3 is 5.11 Å². The maximum absolute atomic E-state index is 11.0. The highest BCUT2D eigenvalue weighted by molar-refractivity contribution is 5.97. The molecule has 3 rings (SSSR count). The summed E-state index contributed by atoms with van der Waals surface area (Å²) in [7, 11) is 0. The van der Waals surface area contributed by atoms with Crippen molar-refractivity contribution >= 4 is 16.7 Å². The van der Waals surface area contributed by atoms with Crippen molar-refractivity contribution in [2.45, 2.75) is 32.6 Å². The minimum atomic E-state index is -0.853. The van der Waals surface area contributed by atoms with Crippen molar-refractivity contribution in [3.8, 4) is 0 Å². The number of carboxylic acid groups (broad SMARTS) is 1. The van der Waals surface area contributed by atoms with E-state index in [0.717, 1.165) is 18.2 Å². The molecule has 0 fully saturated rings. The molecule has 0 aliphatic heterocycles. The number of carboxylic acids is 1. The fourth-order valence-electron chi connectivity index (χ4n) is 3.00. The molecule has 0 spiro atoms. The first-order valence-corrected chi connectivity index (χ1v) is 6.45. The molecule has 0 heterocycles. The second-order valence-electron chi connectivity index (χ2n) is 5.10. The molecule has 2 heteroatoms. The standard InChI is InChI=1S/C16H16O2/c1-10-8-11-4-2-3-5-13(11)14-7-6-12(16(17)18)9-15(10)14/h6-9H,2-5H2,1H3,(H,17,18). The van der Waals surface area contributed by atoms with Crippen molar-refractivity contribution in [3.63, 3.8) is 0 Å². The predicted octanol–water partition coefficient (Wildman–Crippen LogP) is 3.73. The summed E-state index contributed by atoms with van der Waals surface area (Å²) in [6.07, 6.45) is 4.79. The molecule has 18 heavy (non-hydrogen) atoms. The first-order chi connectivity index (χ1) is 8.66. The molecule has 0 bridgehead atoms. The van der Waals surface area contributed by atoms with Crippen LogP contribution in [0.4, 0.5) is 0 Å². The molecule has 2 aromatic rings. The third-order valence-corrected chi connectivity index (χ3v) is 3.92. The van der Waals surface area contributed by atoms with Gasteiger partial charge in [-0.3, -0.25) is 0 Å². The molecule has 2 aromatic carbocycles. The molecular formula is C16H16O2. The number of benzene rings is 2. The van der Waals surface area contributed by atoms with Crippen molar-refractivity contribution in [2.24, 2.45) is 0 Å². The molecule has 1 N–H and O–H groups in total. The van der Waals surface area contributed by atoms with Crippen LogP contribution >= 0.6 is 0 Å². The van der Waals surface area contributed by atoms with Gasteiger partial charge in [0.15, 0.2) is 0 Å². The summed E-state index contributed by atoms with van der Waals surface area (Å²) >= 11 is 0. The molecule has 92 valence electrons. The van der Waals surface area contributed by atoms with E-state index in [1.165, 1.54) is 34.9 Å². The van der Waals surface area contributed by atoms with Gasteiger partial charge in [0.2, 0.25) is 0 Å². The van der Waals surface area contributed by atoms with Crippen LogP contribution in [0, 0.1) is 6.92 Å². The fraction of sp³-hybridized carbons (Fsp3) is 0.312. The number of hydrogen-bond donors (Lipinski definition) is 1. The number of aryl methyl sites for hydroxylation is 3. The highest BCUT2D eigenvalue weighted by Crippen LogP contribution is 2.32. The average molecular weight is 240 g/mol. The Morgan fingerprint density at radius 2 is 1.89 bits per heavy atom. The van der Waals surface area contributed by atoms with E-state index in [-0.39, 0.29) is 0 Å². The zero-order chi connectivity index (χ0) is 12.7. The zero-order valence-electron chi connectivity index (χ0n) is 10.5. The van der Waals surface area contributed by atoms with Crippen LogP contribution in [0.5, 0.6) is 0 Å². The van der Waals surface area contributed by atoms with Gasteiger partial charge in [0.1, 0.15) is 0 Å². The molecule has 2 nitrogen and oxygen atoms in total. The summed E-state index contributed by atoms with van der Waals surface area (Å²) in [5.41, 5.74) is 4.45. The van der Waals surface area contributed by atoms with E-state index in [2.05, 4.69) is 13.0 Å². The number of rotatable bonds is 1. The van der Waals surface area contributed by atoms with E-state index in [4.69, 9.17) is 5.11 Å². The van der Waals surface area contributed by atoms with Crippen LogP contribution in [0.1, 0.15) is 39.9 Å². The van der Waals surface area contributed by atoms with Gasteiger partial charge in [-0.15, -0.1) is 0 Å². The maximum Gasteiger partial charge on any atom is 0.335 e. The van der Waals surface area contributed by atoms with E-state index in [1.807, 2.05) is 12.1 Å². The van der Waals surface area contributed by atoms with Gasteiger partial charge in [0.25, 0.3) is 0 Å². The monoisotopic (exact) mass is 240 g/mol. The average Bonchev–Trinajstić information content (AvgIpc) is 2.38. The number of fused-ring (bicyclic) bond motifs is 3. The molecule has 0 aromatic heterocycles. The Labute approximate surface area is 106 Å². The lowest BCUT2D eigenvalue weighted by Crippen LogP contribution is -2.05. The maximum atomic E-state index is 11.0.